The zero-order valence-corrected chi connectivity index (χ0v) is 7.33. The third-order valence-corrected chi connectivity index (χ3v) is 1.93. The van der Waals surface area contributed by atoms with Gasteiger partial charge in [0.1, 0.15) is 5.56 Å². The number of phenolic OH excluding ortho intramolecular Hbond substituents is 1. The highest BCUT2D eigenvalue weighted by molar-refractivity contribution is 5.98. The van der Waals surface area contributed by atoms with E-state index in [0.29, 0.717) is 0 Å². The van der Waals surface area contributed by atoms with E-state index in [1.54, 1.807) is 0 Å². The first-order valence-electron chi connectivity index (χ1n) is 3.93. The van der Waals surface area contributed by atoms with Crippen LogP contribution in [0.4, 0.5) is 4.39 Å². The second-order valence-corrected chi connectivity index (χ2v) is 2.87. The lowest BCUT2D eigenvalue weighted by Crippen LogP contribution is -2.00. The van der Waals surface area contributed by atoms with Crippen LogP contribution in [0.2, 0.25) is 0 Å². The molecule has 4 nitrogen and oxygen atoms in total. The van der Waals surface area contributed by atoms with Crippen molar-refractivity contribution in [3.05, 3.63) is 17.4 Å². The Kier molecular flexibility index (Phi) is 1.80. The molecule has 1 aromatic carbocycles. The van der Waals surface area contributed by atoms with Crippen molar-refractivity contribution in [2.75, 3.05) is 6.79 Å². The van der Waals surface area contributed by atoms with Crippen molar-refractivity contribution in [3.8, 4) is 17.2 Å². The van der Waals surface area contributed by atoms with Crippen LogP contribution in [0.15, 0.2) is 6.07 Å². The summed E-state index contributed by atoms with van der Waals surface area (Å²) < 4.78 is 23.2. The Balaban J connectivity index is 2.72. The number of Topliss-reactive ketones (excluding diaryl/α,β-unsaturated/α-hetero) is 1. The smallest absolute Gasteiger partial charge is 0.231 e. The highest BCUT2D eigenvalue weighted by Crippen LogP contribution is 2.41. The highest BCUT2D eigenvalue weighted by atomic mass is 19.1. The van der Waals surface area contributed by atoms with Crippen LogP contribution in [-0.2, 0) is 0 Å². The molecule has 0 spiro atoms. The standard InChI is InChI=1S/C9H7FO4/c1-4(11)7-8(10)5(12)2-6-9(7)14-3-13-6/h2,12H,3H2,1H3. The molecule has 74 valence electrons. The summed E-state index contributed by atoms with van der Waals surface area (Å²) in [4.78, 5) is 11.1. The lowest BCUT2D eigenvalue weighted by atomic mass is 10.1. The number of phenols is 1. The molecule has 0 atom stereocenters. The Morgan fingerprint density at radius 1 is 1.57 bits per heavy atom. The van der Waals surface area contributed by atoms with Gasteiger partial charge in [-0.1, -0.05) is 0 Å². The van der Waals surface area contributed by atoms with Gasteiger partial charge in [0.15, 0.2) is 28.8 Å². The van der Waals surface area contributed by atoms with Crippen LogP contribution in [-0.4, -0.2) is 17.7 Å². The molecule has 0 unspecified atom stereocenters. The van der Waals surface area contributed by atoms with Crippen LogP contribution in [0, 0.1) is 5.82 Å². The molecule has 0 amide bonds. The lowest BCUT2D eigenvalue weighted by molar-refractivity contribution is 0.100. The van der Waals surface area contributed by atoms with Crippen molar-refractivity contribution in [1.82, 2.24) is 0 Å². The molecule has 0 aliphatic carbocycles. The fourth-order valence-corrected chi connectivity index (χ4v) is 1.32. The first kappa shape index (κ1) is 8.80. The van der Waals surface area contributed by atoms with E-state index in [0.717, 1.165) is 6.07 Å². The van der Waals surface area contributed by atoms with E-state index in [1.807, 2.05) is 0 Å². The number of hydrogen-bond acceptors (Lipinski definition) is 4. The summed E-state index contributed by atoms with van der Waals surface area (Å²) in [7, 11) is 0. The third-order valence-electron chi connectivity index (χ3n) is 1.93. The zero-order valence-electron chi connectivity index (χ0n) is 7.33. The largest absolute Gasteiger partial charge is 0.505 e. The van der Waals surface area contributed by atoms with Crippen molar-refractivity contribution in [1.29, 1.82) is 0 Å². The van der Waals surface area contributed by atoms with Gasteiger partial charge in [-0.25, -0.2) is 4.39 Å². The zero-order chi connectivity index (χ0) is 10.3. The Hall–Kier alpha value is -1.78. The summed E-state index contributed by atoms with van der Waals surface area (Å²) in [5.41, 5.74) is -0.266. The van der Waals surface area contributed by atoms with Gasteiger partial charge in [-0.3, -0.25) is 4.79 Å². The predicted octanol–water partition coefficient (Wildman–Crippen LogP) is 1.46. The number of ether oxygens (including phenoxy) is 2. The summed E-state index contributed by atoms with van der Waals surface area (Å²) >= 11 is 0. The lowest BCUT2D eigenvalue weighted by Gasteiger charge is -2.05. The van der Waals surface area contributed by atoms with Crippen LogP contribution >= 0.6 is 0 Å². The first-order valence-corrected chi connectivity index (χ1v) is 3.93. The molecule has 0 radical (unpaired) electrons. The maximum absolute atomic E-state index is 13.3. The molecular weight excluding hydrogens is 191 g/mol. The van der Waals surface area contributed by atoms with Crippen LogP contribution < -0.4 is 9.47 Å². The number of carbonyl (C=O) groups is 1. The second-order valence-electron chi connectivity index (χ2n) is 2.87. The number of aromatic hydroxyl groups is 1. The minimum Gasteiger partial charge on any atom is -0.505 e. The average molecular weight is 198 g/mol. The minimum atomic E-state index is -0.971. The number of benzene rings is 1. The van der Waals surface area contributed by atoms with E-state index in [-0.39, 0.29) is 23.9 Å². The Labute approximate surface area is 78.9 Å². The maximum Gasteiger partial charge on any atom is 0.231 e. The van der Waals surface area contributed by atoms with E-state index in [9.17, 15) is 9.18 Å². The molecule has 1 N–H and O–H groups in total. The number of rotatable bonds is 1. The summed E-state index contributed by atoms with van der Waals surface area (Å²) in [6.07, 6.45) is 0. The Bertz CT molecular complexity index is 414. The topological polar surface area (TPSA) is 55.8 Å². The molecule has 1 aromatic rings. The van der Waals surface area contributed by atoms with Gasteiger partial charge < -0.3 is 14.6 Å². The fourth-order valence-electron chi connectivity index (χ4n) is 1.32. The van der Waals surface area contributed by atoms with Gasteiger partial charge in [0.05, 0.1) is 0 Å². The second kappa shape index (κ2) is 2.87. The van der Waals surface area contributed by atoms with Gasteiger partial charge in [0, 0.05) is 6.07 Å². The fraction of sp³-hybridized carbons (Fsp3) is 0.222. The molecule has 0 aromatic heterocycles. The van der Waals surface area contributed by atoms with Crippen molar-refractivity contribution in [2.45, 2.75) is 6.92 Å². The molecule has 0 saturated carbocycles. The van der Waals surface area contributed by atoms with Gasteiger partial charge >= 0.3 is 0 Å². The van der Waals surface area contributed by atoms with Gasteiger partial charge in [0.25, 0.3) is 0 Å². The molecule has 0 fully saturated rings. The number of hydrogen-bond donors (Lipinski definition) is 1. The molecular formula is C9H7FO4. The Morgan fingerprint density at radius 3 is 2.93 bits per heavy atom. The van der Waals surface area contributed by atoms with E-state index in [4.69, 9.17) is 14.6 Å². The van der Waals surface area contributed by atoms with Gasteiger partial charge in [-0.2, -0.15) is 0 Å². The summed E-state index contributed by atoms with van der Waals surface area (Å²) in [6, 6.07) is 1.09. The van der Waals surface area contributed by atoms with Crippen LogP contribution in [0.25, 0.3) is 0 Å². The number of fused-ring (bicyclic) bond motifs is 1. The van der Waals surface area contributed by atoms with Gasteiger partial charge in [-0.15, -0.1) is 0 Å². The molecule has 14 heavy (non-hydrogen) atoms. The maximum atomic E-state index is 13.3. The molecule has 0 bridgehead atoms. The molecule has 1 aliphatic heterocycles. The average Bonchev–Trinajstić information content (AvgIpc) is 2.52. The first-order chi connectivity index (χ1) is 6.61. The van der Waals surface area contributed by atoms with Crippen molar-refractivity contribution in [2.24, 2.45) is 0 Å². The van der Waals surface area contributed by atoms with Gasteiger partial charge in [-0.05, 0) is 6.92 Å². The van der Waals surface area contributed by atoms with E-state index >= 15 is 0 Å². The van der Waals surface area contributed by atoms with Crippen LogP contribution in [0.1, 0.15) is 17.3 Å². The van der Waals surface area contributed by atoms with Crippen LogP contribution in [0.5, 0.6) is 17.2 Å². The highest BCUT2D eigenvalue weighted by Gasteiger charge is 2.26. The summed E-state index contributed by atoms with van der Waals surface area (Å²) in [6.45, 7) is 1.12. The number of ketones is 1. The van der Waals surface area contributed by atoms with Gasteiger partial charge in [0.2, 0.25) is 6.79 Å². The molecule has 0 saturated heterocycles. The molecule has 5 heteroatoms. The SMILES string of the molecule is CC(=O)c1c(F)c(O)cc2c1OCO2. The number of halogens is 1. The predicted molar refractivity (Wildman–Crippen MR) is 44.2 cm³/mol. The van der Waals surface area contributed by atoms with Crippen LogP contribution in [0.3, 0.4) is 0 Å². The summed E-state index contributed by atoms with van der Waals surface area (Å²) in [5, 5.41) is 9.15. The molecule has 2 rings (SSSR count). The van der Waals surface area contributed by atoms with Crippen molar-refractivity contribution in [3.63, 3.8) is 0 Å². The Morgan fingerprint density at radius 2 is 2.29 bits per heavy atom. The molecule has 1 heterocycles. The monoisotopic (exact) mass is 198 g/mol. The van der Waals surface area contributed by atoms with Crippen molar-refractivity contribution < 1.29 is 23.8 Å². The number of carbonyl (C=O) groups excluding carboxylic acids is 1. The minimum absolute atomic E-state index is 0.0628. The van der Waals surface area contributed by atoms with E-state index in [1.165, 1.54) is 6.92 Å². The quantitative estimate of drug-likeness (QED) is 0.694. The van der Waals surface area contributed by atoms with E-state index < -0.39 is 17.3 Å². The third kappa shape index (κ3) is 1.09. The summed E-state index contributed by atoms with van der Waals surface area (Å²) in [5.74, 6) is -1.84. The van der Waals surface area contributed by atoms with E-state index in [2.05, 4.69) is 0 Å². The normalized spacial score (nSPS) is 13.0. The van der Waals surface area contributed by atoms with Crippen molar-refractivity contribution >= 4 is 5.78 Å². The molecule has 1 aliphatic rings.